The first kappa shape index (κ1) is 17.9. The lowest BCUT2D eigenvalue weighted by Crippen LogP contribution is -2.44. The highest BCUT2D eigenvalue weighted by atomic mass is 16.5. The maximum absolute atomic E-state index is 13.4. The Morgan fingerprint density at radius 1 is 1.00 bits per heavy atom. The molecule has 1 saturated heterocycles. The predicted molar refractivity (Wildman–Crippen MR) is 106 cm³/mol. The third-order valence-electron chi connectivity index (χ3n) is 6.03. The minimum Gasteiger partial charge on any atom is -0.497 e. The van der Waals surface area contributed by atoms with E-state index < -0.39 is 0 Å². The van der Waals surface area contributed by atoms with Gasteiger partial charge in [-0.05, 0) is 74.9 Å². The second kappa shape index (κ2) is 6.89. The monoisotopic (exact) mass is 366 g/mol. The molecule has 2 heterocycles. The number of benzene rings is 2. The maximum atomic E-state index is 13.4. The molecule has 0 saturated carbocycles. The van der Waals surface area contributed by atoms with Gasteiger partial charge in [-0.15, -0.1) is 0 Å². The first-order valence-electron chi connectivity index (χ1n) is 9.39. The molecule has 0 N–H and O–H groups in total. The van der Waals surface area contributed by atoms with Crippen LogP contribution in [-0.2, 0) is 5.41 Å². The van der Waals surface area contributed by atoms with Crippen LogP contribution in [0.15, 0.2) is 42.5 Å². The van der Waals surface area contributed by atoms with E-state index >= 15 is 0 Å². The van der Waals surface area contributed by atoms with Gasteiger partial charge in [-0.2, -0.15) is 0 Å². The summed E-state index contributed by atoms with van der Waals surface area (Å²) in [6, 6.07) is 13.5. The summed E-state index contributed by atoms with van der Waals surface area (Å²) in [6.07, 6.45) is 2.09. The Bertz CT molecular complexity index is 856. The average Bonchev–Trinajstić information content (AvgIpc) is 3.03. The van der Waals surface area contributed by atoms with Crippen LogP contribution in [0.3, 0.4) is 0 Å². The van der Waals surface area contributed by atoms with Gasteiger partial charge in [0.15, 0.2) is 0 Å². The molecule has 0 bridgehead atoms. The number of fused-ring (bicyclic) bond motifs is 2. The van der Waals surface area contributed by atoms with E-state index in [-0.39, 0.29) is 11.3 Å². The maximum Gasteiger partial charge on any atom is 0.258 e. The summed E-state index contributed by atoms with van der Waals surface area (Å²) in [5.74, 6) is 1.57. The van der Waals surface area contributed by atoms with Gasteiger partial charge in [0.2, 0.25) is 0 Å². The van der Waals surface area contributed by atoms with Crippen molar-refractivity contribution in [3.8, 4) is 11.5 Å². The Kier molecular flexibility index (Phi) is 4.56. The van der Waals surface area contributed by atoms with Crippen LogP contribution in [0.2, 0.25) is 0 Å². The molecule has 2 aromatic rings. The first-order chi connectivity index (χ1) is 13.1. The summed E-state index contributed by atoms with van der Waals surface area (Å²) in [5.41, 5.74) is 2.91. The van der Waals surface area contributed by atoms with E-state index in [0.717, 1.165) is 43.9 Å². The van der Waals surface area contributed by atoms with Crippen LogP contribution >= 0.6 is 0 Å². The molecular formula is C22H26N2O3. The van der Waals surface area contributed by atoms with Crippen LogP contribution in [-0.4, -0.2) is 51.7 Å². The normalized spacial score (nSPS) is 18.4. The quantitative estimate of drug-likeness (QED) is 0.836. The topological polar surface area (TPSA) is 42.0 Å². The number of hydrogen-bond donors (Lipinski definition) is 0. The summed E-state index contributed by atoms with van der Waals surface area (Å²) >= 11 is 0. The first-order valence-corrected chi connectivity index (χ1v) is 9.39. The number of anilines is 1. The largest absolute Gasteiger partial charge is 0.497 e. The molecule has 5 heteroatoms. The van der Waals surface area contributed by atoms with Gasteiger partial charge >= 0.3 is 0 Å². The number of piperidine rings is 1. The van der Waals surface area contributed by atoms with E-state index in [1.165, 1.54) is 5.56 Å². The number of carbonyl (C=O) groups is 1. The number of hydrogen-bond acceptors (Lipinski definition) is 4. The van der Waals surface area contributed by atoms with Crippen molar-refractivity contribution in [3.63, 3.8) is 0 Å². The van der Waals surface area contributed by atoms with E-state index in [9.17, 15) is 4.79 Å². The molecule has 1 fully saturated rings. The number of nitrogens with zero attached hydrogens (tertiary/aromatic N) is 2. The SMILES string of the molecule is COc1cccc(C(=O)N2CC3(CCN(C)CC3)c3cc(OC)ccc32)c1. The zero-order valence-corrected chi connectivity index (χ0v) is 16.2. The Labute approximate surface area is 160 Å². The van der Waals surface area contributed by atoms with Crippen LogP contribution in [0.5, 0.6) is 11.5 Å². The van der Waals surface area contributed by atoms with E-state index in [4.69, 9.17) is 9.47 Å². The number of ether oxygens (including phenoxy) is 2. The van der Waals surface area contributed by atoms with E-state index in [1.54, 1.807) is 14.2 Å². The summed E-state index contributed by atoms with van der Waals surface area (Å²) in [4.78, 5) is 17.6. The highest BCUT2D eigenvalue weighted by Crippen LogP contribution is 2.48. The molecule has 2 aromatic carbocycles. The van der Waals surface area contributed by atoms with Crippen molar-refractivity contribution >= 4 is 11.6 Å². The zero-order chi connectivity index (χ0) is 19.0. The van der Waals surface area contributed by atoms with Crippen molar-refractivity contribution < 1.29 is 14.3 Å². The van der Waals surface area contributed by atoms with Crippen molar-refractivity contribution in [2.45, 2.75) is 18.3 Å². The molecule has 27 heavy (non-hydrogen) atoms. The molecule has 5 nitrogen and oxygen atoms in total. The van der Waals surface area contributed by atoms with E-state index in [1.807, 2.05) is 41.3 Å². The molecule has 142 valence electrons. The van der Waals surface area contributed by atoms with Gasteiger partial charge in [0, 0.05) is 23.2 Å². The summed E-state index contributed by atoms with van der Waals surface area (Å²) in [5, 5.41) is 0. The smallest absolute Gasteiger partial charge is 0.258 e. The minimum absolute atomic E-state index is 0.00487. The number of carbonyl (C=O) groups excluding carboxylic acids is 1. The number of rotatable bonds is 3. The van der Waals surface area contributed by atoms with Crippen LogP contribution in [0.25, 0.3) is 0 Å². The third kappa shape index (κ3) is 3.06. The fourth-order valence-corrected chi connectivity index (χ4v) is 4.34. The summed E-state index contributed by atoms with van der Waals surface area (Å²) < 4.78 is 10.8. The minimum atomic E-state index is 0.00487. The Balaban J connectivity index is 1.74. The van der Waals surface area contributed by atoms with E-state index in [0.29, 0.717) is 11.3 Å². The van der Waals surface area contributed by atoms with Gasteiger partial charge in [-0.3, -0.25) is 4.79 Å². The molecule has 4 rings (SSSR count). The van der Waals surface area contributed by atoms with Gasteiger partial charge in [0.25, 0.3) is 5.91 Å². The number of amides is 1. The highest BCUT2D eigenvalue weighted by Gasteiger charge is 2.46. The van der Waals surface area contributed by atoms with Crippen molar-refractivity contribution in [1.82, 2.24) is 4.90 Å². The Morgan fingerprint density at radius 3 is 2.41 bits per heavy atom. The average molecular weight is 366 g/mol. The van der Waals surface area contributed by atoms with Crippen molar-refractivity contribution in [3.05, 3.63) is 53.6 Å². The van der Waals surface area contributed by atoms with Crippen LogP contribution in [0.1, 0.15) is 28.8 Å². The Morgan fingerprint density at radius 2 is 1.70 bits per heavy atom. The van der Waals surface area contributed by atoms with Crippen molar-refractivity contribution in [1.29, 1.82) is 0 Å². The molecule has 2 aliphatic rings. The molecule has 1 spiro atoms. The number of likely N-dealkylation sites (tertiary alicyclic amines) is 1. The van der Waals surface area contributed by atoms with Gasteiger partial charge in [-0.25, -0.2) is 0 Å². The third-order valence-corrected chi connectivity index (χ3v) is 6.03. The standard InChI is InChI=1S/C22H26N2O3/c1-23-11-9-22(10-12-23)15-24(20-8-7-18(27-3)14-19(20)22)21(25)16-5-4-6-17(13-16)26-2/h4-8,13-14H,9-12,15H2,1-3H3. The second-order valence-corrected chi connectivity index (χ2v) is 7.59. The predicted octanol–water partition coefficient (Wildman–Crippen LogP) is 3.33. The molecule has 0 aromatic heterocycles. The number of methoxy groups -OCH3 is 2. The zero-order valence-electron chi connectivity index (χ0n) is 16.2. The van der Waals surface area contributed by atoms with Crippen LogP contribution < -0.4 is 14.4 Å². The lowest BCUT2D eigenvalue weighted by molar-refractivity contribution is 0.0978. The van der Waals surface area contributed by atoms with E-state index in [2.05, 4.69) is 18.0 Å². The lowest BCUT2D eigenvalue weighted by atomic mass is 9.74. The van der Waals surface area contributed by atoms with Crippen molar-refractivity contribution in [2.75, 3.05) is 45.8 Å². The Hall–Kier alpha value is -2.53. The van der Waals surface area contributed by atoms with Gasteiger partial charge in [0.1, 0.15) is 11.5 Å². The molecule has 1 amide bonds. The molecule has 0 aliphatic carbocycles. The fourth-order valence-electron chi connectivity index (χ4n) is 4.34. The molecular weight excluding hydrogens is 340 g/mol. The van der Waals surface area contributed by atoms with Gasteiger partial charge in [0.05, 0.1) is 14.2 Å². The lowest BCUT2D eigenvalue weighted by Gasteiger charge is -2.38. The molecule has 2 aliphatic heterocycles. The molecule has 0 unspecified atom stereocenters. The van der Waals surface area contributed by atoms with Gasteiger partial charge < -0.3 is 19.3 Å². The second-order valence-electron chi connectivity index (χ2n) is 7.59. The molecule has 0 radical (unpaired) electrons. The van der Waals surface area contributed by atoms with Gasteiger partial charge in [-0.1, -0.05) is 6.07 Å². The summed E-state index contributed by atoms with van der Waals surface area (Å²) in [7, 11) is 5.47. The fraction of sp³-hybridized carbons (Fsp3) is 0.409. The molecule has 0 atom stereocenters. The summed E-state index contributed by atoms with van der Waals surface area (Å²) in [6.45, 7) is 2.80. The van der Waals surface area contributed by atoms with Crippen molar-refractivity contribution in [2.24, 2.45) is 0 Å². The van der Waals surface area contributed by atoms with Crippen LogP contribution in [0.4, 0.5) is 5.69 Å². The highest BCUT2D eigenvalue weighted by molar-refractivity contribution is 6.08. The van der Waals surface area contributed by atoms with Crippen LogP contribution in [0, 0.1) is 0 Å².